The Morgan fingerprint density at radius 1 is 1.31 bits per heavy atom. The third-order valence-electron chi connectivity index (χ3n) is 4.48. The number of aromatic nitrogens is 1. The molecule has 0 radical (unpaired) electrons. The van der Waals surface area contributed by atoms with Crippen molar-refractivity contribution in [1.29, 1.82) is 0 Å². The highest BCUT2D eigenvalue weighted by atomic mass is 19.1. The van der Waals surface area contributed by atoms with E-state index in [9.17, 15) is 9.18 Å². The number of allylic oxidation sites excluding steroid dienone is 2. The van der Waals surface area contributed by atoms with E-state index in [-0.39, 0.29) is 6.04 Å². The molecule has 0 saturated heterocycles. The van der Waals surface area contributed by atoms with Crippen LogP contribution in [0.2, 0.25) is 0 Å². The van der Waals surface area contributed by atoms with Crippen molar-refractivity contribution < 1.29 is 13.9 Å². The van der Waals surface area contributed by atoms with E-state index in [4.69, 9.17) is 9.47 Å². The van der Waals surface area contributed by atoms with Gasteiger partial charge in [0.15, 0.2) is 5.82 Å². The second kappa shape index (κ2) is 9.60. The van der Waals surface area contributed by atoms with Crippen LogP contribution >= 0.6 is 0 Å². The average Bonchev–Trinajstić information content (AvgIpc) is 2.54. The maximum Gasteiger partial charge on any atom is 0.287 e. The van der Waals surface area contributed by atoms with Crippen molar-refractivity contribution in [3.8, 4) is 0 Å². The van der Waals surface area contributed by atoms with E-state index in [1.54, 1.807) is 12.3 Å². The van der Waals surface area contributed by atoms with Crippen molar-refractivity contribution >= 4 is 6.08 Å². The molecule has 0 amide bonds. The summed E-state index contributed by atoms with van der Waals surface area (Å²) in [6.45, 7) is 9.09. The molecule has 26 heavy (non-hydrogen) atoms. The summed E-state index contributed by atoms with van der Waals surface area (Å²) in [4.78, 5) is 12.6. The molecule has 0 aromatic carbocycles. The first-order valence-corrected chi connectivity index (χ1v) is 9.52. The van der Waals surface area contributed by atoms with Crippen LogP contribution in [0.15, 0.2) is 34.7 Å². The third kappa shape index (κ3) is 4.99. The van der Waals surface area contributed by atoms with Gasteiger partial charge >= 0.3 is 0 Å². The molecule has 1 saturated carbocycles. The molecule has 1 aromatic heterocycles. The number of nitrogens with zero attached hydrogens (tertiary/aromatic N) is 1. The lowest BCUT2D eigenvalue weighted by Gasteiger charge is -2.30. The van der Waals surface area contributed by atoms with Crippen LogP contribution in [-0.2, 0) is 9.47 Å². The highest BCUT2D eigenvalue weighted by Gasteiger charge is 2.27. The van der Waals surface area contributed by atoms with Crippen molar-refractivity contribution in [2.75, 3.05) is 13.2 Å². The number of pyridine rings is 1. The second-order valence-corrected chi connectivity index (χ2v) is 6.99. The Morgan fingerprint density at radius 3 is 2.58 bits per heavy atom. The van der Waals surface area contributed by atoms with Gasteiger partial charge in [0.1, 0.15) is 5.76 Å². The first kappa shape index (κ1) is 20.3. The van der Waals surface area contributed by atoms with E-state index < -0.39 is 11.4 Å². The van der Waals surface area contributed by atoms with Crippen LogP contribution in [-0.4, -0.2) is 17.8 Å². The monoisotopic (exact) mass is 363 g/mol. The minimum Gasteiger partial charge on any atom is -0.501 e. The van der Waals surface area contributed by atoms with Crippen LogP contribution in [0.4, 0.5) is 4.39 Å². The van der Waals surface area contributed by atoms with E-state index >= 15 is 0 Å². The van der Waals surface area contributed by atoms with E-state index in [0.717, 1.165) is 31.4 Å². The summed E-state index contributed by atoms with van der Waals surface area (Å²) in [5.41, 5.74) is 1.24. The summed E-state index contributed by atoms with van der Waals surface area (Å²) in [5, 5.41) is 0. The number of ether oxygens (including phenoxy) is 2. The smallest absolute Gasteiger partial charge is 0.287 e. The maximum absolute atomic E-state index is 14.3. The molecule has 1 unspecified atom stereocenters. The first-order valence-electron chi connectivity index (χ1n) is 9.52. The summed E-state index contributed by atoms with van der Waals surface area (Å²) in [7, 11) is 0. The van der Waals surface area contributed by atoms with Crippen LogP contribution in [0.3, 0.4) is 0 Å². The minimum atomic E-state index is -0.758. The van der Waals surface area contributed by atoms with Crippen molar-refractivity contribution in [1.82, 2.24) is 4.57 Å². The summed E-state index contributed by atoms with van der Waals surface area (Å²) in [5.74, 6) is 0.431. The molecule has 0 bridgehead atoms. The molecule has 1 atom stereocenters. The van der Waals surface area contributed by atoms with Gasteiger partial charge in [-0.05, 0) is 68.7 Å². The zero-order valence-electron chi connectivity index (χ0n) is 16.3. The number of hydrogen-bond donors (Lipinski definition) is 0. The Kier molecular flexibility index (Phi) is 7.49. The Labute approximate surface area is 155 Å². The molecule has 2 rings (SSSR count). The maximum atomic E-state index is 14.3. The molecule has 1 aliphatic carbocycles. The Morgan fingerprint density at radius 2 is 2.04 bits per heavy atom. The van der Waals surface area contributed by atoms with Crippen molar-refractivity contribution in [2.24, 2.45) is 5.92 Å². The van der Waals surface area contributed by atoms with Gasteiger partial charge in [0.05, 0.1) is 25.5 Å². The van der Waals surface area contributed by atoms with Crippen LogP contribution < -0.4 is 5.56 Å². The van der Waals surface area contributed by atoms with Gasteiger partial charge in [0.25, 0.3) is 5.56 Å². The molecule has 1 aliphatic rings. The van der Waals surface area contributed by atoms with E-state index in [1.165, 1.54) is 22.5 Å². The molecule has 0 N–H and O–H groups in total. The van der Waals surface area contributed by atoms with Gasteiger partial charge in [-0.3, -0.25) is 4.79 Å². The molecule has 0 spiro atoms. The average molecular weight is 363 g/mol. The van der Waals surface area contributed by atoms with Crippen molar-refractivity contribution in [3.63, 3.8) is 0 Å². The highest BCUT2D eigenvalue weighted by Crippen LogP contribution is 2.36. The van der Waals surface area contributed by atoms with Gasteiger partial charge in [-0.25, -0.2) is 4.39 Å². The fraction of sp³-hybridized carbons (Fsp3) is 0.571. The Balaban J connectivity index is 2.51. The van der Waals surface area contributed by atoms with E-state index in [2.05, 4.69) is 13.8 Å². The summed E-state index contributed by atoms with van der Waals surface area (Å²) < 4.78 is 27.0. The molecule has 5 heteroatoms. The number of halogens is 1. The standard InChI is InChI=1S/C21H30FNO3/c1-5-25-11-10-16-13-18(22)21(24)23(14-16)19(12-15(3)4)20(26-6-2)17-8-7-9-17/h10-11,13-15,19H,5-9,12H2,1-4H3/b11-10+. The largest absolute Gasteiger partial charge is 0.501 e. The molecule has 4 nitrogen and oxygen atoms in total. The second-order valence-electron chi connectivity index (χ2n) is 6.99. The number of rotatable bonds is 9. The zero-order chi connectivity index (χ0) is 19.1. The predicted octanol–water partition coefficient (Wildman–Crippen LogP) is 5.06. The molecule has 1 aromatic rings. The van der Waals surface area contributed by atoms with E-state index in [0.29, 0.717) is 24.7 Å². The summed E-state index contributed by atoms with van der Waals surface area (Å²) in [6.07, 6.45) is 8.74. The predicted molar refractivity (Wildman–Crippen MR) is 102 cm³/mol. The fourth-order valence-corrected chi connectivity index (χ4v) is 3.12. The van der Waals surface area contributed by atoms with E-state index in [1.807, 2.05) is 13.8 Å². The highest BCUT2D eigenvalue weighted by molar-refractivity contribution is 5.46. The summed E-state index contributed by atoms with van der Waals surface area (Å²) >= 11 is 0. The number of hydrogen-bond acceptors (Lipinski definition) is 3. The minimum absolute atomic E-state index is 0.285. The van der Waals surface area contributed by atoms with Crippen molar-refractivity contribution in [3.05, 3.63) is 51.6 Å². The Hall–Kier alpha value is -2.04. The van der Waals surface area contributed by atoms with Gasteiger partial charge in [0.2, 0.25) is 0 Å². The SMILES string of the molecule is CCO/C=C/c1cc(F)c(=O)n(C(CC(C)C)C(OCC)=C2CCC2)c1. The van der Waals surface area contributed by atoms with Crippen LogP contribution in [0, 0.1) is 11.7 Å². The zero-order valence-corrected chi connectivity index (χ0v) is 16.3. The molecule has 0 aliphatic heterocycles. The quantitative estimate of drug-likeness (QED) is 0.576. The first-order chi connectivity index (χ1) is 12.5. The molecular formula is C21H30FNO3. The molecular weight excluding hydrogens is 333 g/mol. The van der Waals surface area contributed by atoms with Crippen LogP contribution in [0.5, 0.6) is 0 Å². The van der Waals surface area contributed by atoms with Gasteiger partial charge in [0, 0.05) is 6.20 Å². The third-order valence-corrected chi connectivity index (χ3v) is 4.48. The topological polar surface area (TPSA) is 40.5 Å². The van der Waals surface area contributed by atoms with Crippen LogP contribution in [0.25, 0.3) is 6.08 Å². The lowest BCUT2D eigenvalue weighted by atomic mass is 9.87. The van der Waals surface area contributed by atoms with Crippen LogP contribution in [0.1, 0.15) is 65.0 Å². The normalized spacial score (nSPS) is 15.2. The molecule has 1 heterocycles. The summed E-state index contributed by atoms with van der Waals surface area (Å²) in [6, 6.07) is 0.963. The van der Waals surface area contributed by atoms with Gasteiger partial charge < -0.3 is 14.0 Å². The molecule has 1 fully saturated rings. The lowest BCUT2D eigenvalue weighted by Crippen LogP contribution is -2.31. The van der Waals surface area contributed by atoms with Gasteiger partial charge in [-0.15, -0.1) is 0 Å². The Bertz CT molecular complexity index is 712. The van der Waals surface area contributed by atoms with Crippen molar-refractivity contribution in [2.45, 2.75) is 59.4 Å². The molecule has 144 valence electrons. The van der Waals surface area contributed by atoms with Gasteiger partial charge in [-0.1, -0.05) is 13.8 Å². The lowest BCUT2D eigenvalue weighted by molar-refractivity contribution is 0.170. The van der Waals surface area contributed by atoms with Gasteiger partial charge in [-0.2, -0.15) is 0 Å². The fourth-order valence-electron chi connectivity index (χ4n) is 3.12.